The van der Waals surface area contributed by atoms with Crippen LogP contribution in [0.25, 0.3) is 21.8 Å². The van der Waals surface area contributed by atoms with E-state index in [4.69, 9.17) is 72.6 Å². The normalized spacial score (nSPS) is 14.6. The molecule has 2 aromatic carbocycles. The minimum absolute atomic E-state index is 0.0103. The summed E-state index contributed by atoms with van der Waals surface area (Å²) in [4.78, 5) is 212. The second-order valence-corrected chi connectivity index (χ2v) is 36.6. The van der Waals surface area contributed by atoms with Gasteiger partial charge in [0.25, 0.3) is 0 Å². The van der Waals surface area contributed by atoms with Crippen molar-refractivity contribution in [2.45, 2.75) is 269 Å². The van der Waals surface area contributed by atoms with Crippen LogP contribution in [0.2, 0.25) is 0 Å². The number of nitrogens with two attached hydrogens (primary N) is 7. The van der Waals surface area contributed by atoms with Crippen LogP contribution < -0.4 is 141 Å². The molecule has 140 heavy (non-hydrogen) atoms. The zero-order valence-electron chi connectivity index (χ0n) is 81.7. The second kappa shape index (κ2) is 62.1. The third-order valence-corrected chi connectivity index (χ3v) is 23.7. The molecule has 0 aliphatic carbocycles. The average molecular weight is 1980 g/mol. The highest BCUT2D eigenvalue weighted by Gasteiger charge is 2.40. The number of carboxylic acid groups (broad SMARTS) is 1. The molecule has 0 spiro atoms. The number of benzene rings is 2. The number of carbonyl (C=O) groups is 14. The quantitative estimate of drug-likeness (QED) is 0.0117. The standard InChI is InChI=1S/C90H152N34O15S/c1-11-49(7)69(123-82(136)68(44-53-46-111-57-26-16-14-24-55(53)57)121-76(130)61(30-20-37-107-88(98)99)115-79(133)65(41-47(3)4)119-71(125)51(9)91)83(137)118-62(31-21-38-108-89(100)101)74(128)112-59(28-18-35-105-86(94)95)73(127)117-64(33-40-140-10)77(131)114-58(27-17-34-104-85(92)93)72(126)113-60(29-19-36-106-87(96)97)75(129)120-66(42-48(5)6)80(134)122-67(43-52-45-110-56-25-15-13-23-54(52)56)81(135)116-63(32-22-39-109-90(102)103)78(132)124-70(84(138)139)50(8)12-2/h13-16,23-26,45-51,58-70,110-111H,11-12,17-22,27-44,91H2,1-10H3,(H,112,128)(H,113,126)(H,114,131)(H,115,133)(H,116,135)(H,117,127)(H,118,137)(H,119,125)(H,120,129)(H,121,130)(H,122,134)(H,123,136)(H,124,132)(H,138,139)(H4,92,93,104)(H4,94,95,105)(H4,96,97,106)(H4,98,99,107)(H4,100,101,108)(H4,102,103,109)/t49-,50-,51-,58-,59-,60-,61-,62-,63-,64-,65-,66-,67-,68-,69-,70-/m0/s1. The lowest BCUT2D eigenvalue weighted by Crippen LogP contribution is -2.62. The molecule has 4 aromatic rings. The number of aromatic nitrogens is 2. The highest BCUT2D eigenvalue weighted by Crippen LogP contribution is 2.24. The average Bonchev–Trinajstić information content (AvgIpc) is 1.66. The summed E-state index contributed by atoms with van der Waals surface area (Å²) in [5, 5.41) is 110. The number of carbonyl (C=O) groups excluding carboxylic acids is 13. The van der Waals surface area contributed by atoms with Crippen molar-refractivity contribution in [3.8, 4) is 0 Å². The summed E-state index contributed by atoms with van der Waals surface area (Å²) in [5.41, 5.74) is 42.1. The summed E-state index contributed by atoms with van der Waals surface area (Å²) in [6.07, 6.45) is 4.55. The number of para-hydroxylation sites is 2. The first-order chi connectivity index (χ1) is 66.3. The van der Waals surface area contributed by atoms with Crippen LogP contribution in [0.15, 0.2) is 60.9 Å². The van der Waals surface area contributed by atoms with Crippen LogP contribution in [0.3, 0.4) is 0 Å². The van der Waals surface area contributed by atoms with E-state index in [-0.39, 0.29) is 184 Å². The lowest BCUT2D eigenvalue weighted by Gasteiger charge is -2.30. The number of hydrogen-bond donors (Lipinski definition) is 35. The van der Waals surface area contributed by atoms with Crippen molar-refractivity contribution in [3.05, 3.63) is 72.1 Å². The fraction of sp³-hybridized carbons (Fsp3) is 0.600. The SMILES string of the molecule is CC[C@H](C)[C@H](NC(=O)[C@H](CCCNC(=N)N)NC(=O)[C@H](Cc1c[nH]c2ccccc12)NC(=O)[C@H](CC(C)C)NC(=O)[C@H](CCCNC(=N)N)NC(=O)[C@H](CCCNC(=N)N)NC(=O)[C@H](CCSC)NC(=O)[C@H](CCCNC(=N)N)NC(=O)[C@H](CCCNC(=N)N)NC(=O)[C@@H](NC(=O)[C@H](Cc1c[nH]c2ccccc12)NC(=O)[C@H](CCCNC(=N)N)NC(=O)[C@H](CC(C)C)NC(=O)[C@H](C)N)[C@@H](C)CC)C(=O)O. The Morgan fingerprint density at radius 1 is 0.329 bits per heavy atom. The summed E-state index contributed by atoms with van der Waals surface area (Å²) in [6.45, 7) is 15.5. The molecule has 0 radical (unpaired) electrons. The molecule has 0 fully saturated rings. The molecule has 16 atom stereocenters. The van der Waals surface area contributed by atoms with Crippen molar-refractivity contribution in [1.29, 1.82) is 32.5 Å². The first-order valence-corrected chi connectivity index (χ1v) is 48.7. The number of aromatic amines is 2. The van der Waals surface area contributed by atoms with Gasteiger partial charge in [0.15, 0.2) is 35.8 Å². The topological polar surface area (TPSA) is 845 Å². The Morgan fingerprint density at radius 2 is 0.564 bits per heavy atom. The number of amides is 13. The fourth-order valence-electron chi connectivity index (χ4n) is 15.1. The molecule has 42 N–H and O–H groups in total. The second-order valence-electron chi connectivity index (χ2n) is 35.6. The number of H-pyrrole nitrogens is 2. The predicted octanol–water partition coefficient (Wildman–Crippen LogP) is -3.31. The summed E-state index contributed by atoms with van der Waals surface area (Å²) in [7, 11) is 0. The van der Waals surface area contributed by atoms with Crippen molar-refractivity contribution >= 4 is 152 Å². The van der Waals surface area contributed by atoms with E-state index >= 15 is 38.4 Å². The van der Waals surface area contributed by atoms with Crippen LogP contribution in [0, 0.1) is 56.1 Å². The van der Waals surface area contributed by atoms with Crippen molar-refractivity contribution in [2.24, 2.45) is 63.8 Å². The maximum Gasteiger partial charge on any atom is 0.326 e. The molecule has 49 nitrogen and oxygen atoms in total. The summed E-state index contributed by atoms with van der Waals surface area (Å²) >= 11 is 1.28. The van der Waals surface area contributed by atoms with E-state index in [1.54, 1.807) is 109 Å². The number of rotatable bonds is 66. The molecule has 0 aliphatic heterocycles. The van der Waals surface area contributed by atoms with E-state index in [1.807, 2.05) is 13.8 Å². The third-order valence-electron chi connectivity index (χ3n) is 23.1. The van der Waals surface area contributed by atoms with Crippen LogP contribution in [0.5, 0.6) is 0 Å². The Morgan fingerprint density at radius 3 is 0.843 bits per heavy atom. The number of guanidine groups is 6. The zero-order valence-corrected chi connectivity index (χ0v) is 82.5. The van der Waals surface area contributed by atoms with Crippen molar-refractivity contribution < 1.29 is 72.2 Å². The molecule has 0 aliphatic rings. The number of carboxylic acids is 1. The molecule has 4 rings (SSSR count). The lowest BCUT2D eigenvalue weighted by atomic mass is 9.96. The van der Waals surface area contributed by atoms with E-state index < -0.39 is 203 Å². The van der Waals surface area contributed by atoms with Crippen LogP contribution in [-0.4, -0.2) is 269 Å². The van der Waals surface area contributed by atoms with Gasteiger partial charge in [-0.2, -0.15) is 11.8 Å². The van der Waals surface area contributed by atoms with Gasteiger partial charge in [0.1, 0.15) is 78.5 Å². The van der Waals surface area contributed by atoms with Crippen LogP contribution in [0.4, 0.5) is 0 Å². The highest BCUT2D eigenvalue weighted by atomic mass is 32.2. The maximum atomic E-state index is 15.3. The van der Waals surface area contributed by atoms with Gasteiger partial charge in [-0.15, -0.1) is 0 Å². The summed E-state index contributed by atoms with van der Waals surface area (Å²) < 4.78 is 0. The largest absolute Gasteiger partial charge is 0.480 e. The minimum Gasteiger partial charge on any atom is -0.480 e. The fourth-order valence-corrected chi connectivity index (χ4v) is 15.5. The lowest BCUT2D eigenvalue weighted by molar-refractivity contribution is -0.144. The van der Waals surface area contributed by atoms with Crippen LogP contribution in [0.1, 0.15) is 183 Å². The number of thioether (sulfide) groups is 1. The van der Waals surface area contributed by atoms with Crippen molar-refractivity contribution in [1.82, 2.24) is 111 Å². The number of hydrogen-bond acceptors (Lipinski definition) is 22. The van der Waals surface area contributed by atoms with Gasteiger partial charge < -0.3 is 156 Å². The maximum absolute atomic E-state index is 15.3. The van der Waals surface area contributed by atoms with Crippen LogP contribution in [-0.2, 0) is 80.0 Å². The van der Waals surface area contributed by atoms with Gasteiger partial charge in [-0.1, -0.05) is 105 Å². The Labute approximate surface area is 819 Å². The minimum atomic E-state index is -1.57. The highest BCUT2D eigenvalue weighted by molar-refractivity contribution is 7.98. The molecule has 0 bridgehead atoms. The van der Waals surface area contributed by atoms with E-state index in [0.29, 0.717) is 39.4 Å². The molecule has 13 amide bonds. The Bertz CT molecular complexity index is 4820. The molecule has 2 heterocycles. The van der Waals surface area contributed by atoms with Gasteiger partial charge in [0, 0.05) is 86.3 Å². The Kier molecular flexibility index (Phi) is 52.5. The van der Waals surface area contributed by atoms with E-state index in [9.17, 15) is 33.9 Å². The Hall–Kier alpha value is -14.0. The molecule has 778 valence electrons. The summed E-state index contributed by atoms with van der Waals surface area (Å²) in [6, 6.07) is -5.72. The number of nitrogens with one attached hydrogen (secondary N) is 27. The Balaban J connectivity index is 1.78. The molecular weight excluding hydrogens is 1830 g/mol. The van der Waals surface area contributed by atoms with E-state index in [0.717, 1.165) is 0 Å². The first-order valence-electron chi connectivity index (χ1n) is 47.3. The molecule has 50 heteroatoms. The summed E-state index contributed by atoms with van der Waals surface area (Å²) in [5.74, 6) is -16.7. The van der Waals surface area contributed by atoms with Crippen molar-refractivity contribution in [2.75, 3.05) is 51.3 Å². The van der Waals surface area contributed by atoms with Gasteiger partial charge in [0.2, 0.25) is 76.8 Å². The van der Waals surface area contributed by atoms with Crippen LogP contribution >= 0.6 is 11.8 Å². The molecule has 2 aromatic heterocycles. The van der Waals surface area contributed by atoms with Gasteiger partial charge >= 0.3 is 5.97 Å². The third kappa shape index (κ3) is 43.4. The molecular formula is C90H152N34O15S. The molecule has 0 saturated heterocycles. The number of fused-ring (bicyclic) bond motifs is 2. The van der Waals surface area contributed by atoms with Gasteiger partial charge in [-0.25, -0.2) is 4.79 Å². The van der Waals surface area contributed by atoms with E-state index in [1.165, 1.54) is 18.7 Å². The number of aliphatic carboxylic acids is 1. The molecule has 0 unspecified atom stereocenters. The smallest absolute Gasteiger partial charge is 0.326 e. The van der Waals surface area contributed by atoms with E-state index in [2.05, 4.69) is 111 Å². The zero-order chi connectivity index (χ0) is 104. The monoisotopic (exact) mass is 1980 g/mol. The predicted molar refractivity (Wildman–Crippen MR) is 536 cm³/mol. The van der Waals surface area contributed by atoms with Gasteiger partial charge in [-0.05, 0) is 162 Å². The first kappa shape index (κ1) is 118. The van der Waals surface area contributed by atoms with Gasteiger partial charge in [-0.3, -0.25) is 94.8 Å². The van der Waals surface area contributed by atoms with Gasteiger partial charge in [0.05, 0.1) is 6.04 Å². The molecule has 0 saturated carbocycles. The van der Waals surface area contributed by atoms with Crippen molar-refractivity contribution in [3.63, 3.8) is 0 Å².